The molecular weight excluding hydrogens is 320 g/mol. The zero-order valence-corrected chi connectivity index (χ0v) is 11.7. The van der Waals surface area contributed by atoms with Gasteiger partial charge in [0, 0.05) is 22.3 Å². The number of hydrogen-bond acceptors (Lipinski definition) is 8. The van der Waals surface area contributed by atoms with Crippen LogP contribution >= 0.6 is 0 Å². The van der Waals surface area contributed by atoms with Gasteiger partial charge in [-0.15, -0.1) is 0 Å². The highest BCUT2D eigenvalue weighted by Gasteiger charge is 2.11. The Morgan fingerprint density at radius 1 is 0.500 bits per heavy atom. The van der Waals surface area contributed by atoms with Gasteiger partial charge in [-0.2, -0.15) is 0 Å². The van der Waals surface area contributed by atoms with Gasteiger partial charge in [-0.25, -0.2) is 0 Å². The van der Waals surface area contributed by atoms with E-state index in [0.717, 1.165) is 24.3 Å². The van der Waals surface area contributed by atoms with Crippen molar-refractivity contribution in [3.63, 3.8) is 0 Å². The molecule has 0 aliphatic heterocycles. The molecule has 8 nitrogen and oxygen atoms in total. The van der Waals surface area contributed by atoms with E-state index in [2.05, 4.69) is 0 Å². The normalized spacial score (nSPS) is 10.2. The van der Waals surface area contributed by atoms with Gasteiger partial charge in [0.25, 0.3) is 0 Å². The maximum absolute atomic E-state index is 11.0. The summed E-state index contributed by atoms with van der Waals surface area (Å²) in [6, 6.07) is 6.25. The number of hydrogen-bond donors (Lipinski definition) is 0. The third-order valence-electron chi connectivity index (χ3n) is 3.25. The Bertz CT molecular complexity index is 808. The molecule has 0 saturated heterocycles. The van der Waals surface area contributed by atoms with Crippen LogP contribution in [0.1, 0.15) is 41.4 Å². The molecule has 0 bridgehead atoms. The van der Waals surface area contributed by atoms with Crippen molar-refractivity contribution in [1.29, 1.82) is 0 Å². The van der Waals surface area contributed by atoms with Crippen LogP contribution in [0.2, 0.25) is 0 Å². The minimum Gasteiger partial charge on any atom is -0.545 e. The van der Waals surface area contributed by atoms with Gasteiger partial charge in [0.05, 0.1) is 23.9 Å². The molecule has 0 saturated carbocycles. The summed E-state index contributed by atoms with van der Waals surface area (Å²) in [5.74, 6) is -6.96. The molecule has 2 aromatic rings. The van der Waals surface area contributed by atoms with Crippen LogP contribution in [-0.4, -0.2) is 23.9 Å². The predicted octanol–water partition coefficient (Wildman–Crippen LogP) is -3.19. The van der Waals surface area contributed by atoms with E-state index in [1.54, 1.807) is 0 Å². The van der Waals surface area contributed by atoms with E-state index in [4.69, 9.17) is 0 Å². The van der Waals surface area contributed by atoms with E-state index in [1.807, 2.05) is 0 Å². The summed E-state index contributed by atoms with van der Waals surface area (Å²) in [5.41, 5.74) is -2.27. The van der Waals surface area contributed by atoms with E-state index in [9.17, 15) is 39.6 Å². The first-order valence-corrected chi connectivity index (χ1v) is 6.36. The lowest BCUT2D eigenvalue weighted by molar-refractivity contribution is -0.259. The van der Waals surface area contributed by atoms with Gasteiger partial charge in [-0.05, 0) is 23.3 Å². The predicted molar refractivity (Wildman–Crippen MR) is 69.2 cm³/mol. The molecule has 0 aliphatic carbocycles. The van der Waals surface area contributed by atoms with Crippen LogP contribution in [0.25, 0.3) is 11.1 Å². The van der Waals surface area contributed by atoms with Gasteiger partial charge in [-0.1, -0.05) is 24.3 Å². The lowest BCUT2D eigenvalue weighted by atomic mass is 9.96. The van der Waals surface area contributed by atoms with E-state index in [-0.39, 0.29) is 11.1 Å². The van der Waals surface area contributed by atoms with Crippen LogP contribution in [-0.2, 0) is 0 Å². The molecule has 2 aromatic carbocycles. The molecule has 0 radical (unpaired) electrons. The second kappa shape index (κ2) is 6.21. The number of rotatable bonds is 5. The molecule has 0 fully saturated rings. The number of aromatic carboxylic acids is 4. The summed E-state index contributed by atoms with van der Waals surface area (Å²) in [5, 5.41) is 43.8. The highest BCUT2D eigenvalue weighted by molar-refractivity contribution is 6.03. The molecule has 122 valence electrons. The largest absolute Gasteiger partial charge is 0.545 e. The average Bonchev–Trinajstić information content (AvgIpc) is 2.53. The minimum absolute atomic E-state index is 0.131. The van der Waals surface area contributed by atoms with Gasteiger partial charge in [0.15, 0.2) is 0 Å². The molecule has 8 heteroatoms. The van der Waals surface area contributed by atoms with Crippen molar-refractivity contribution >= 4 is 23.9 Å². The lowest BCUT2D eigenvalue weighted by Crippen LogP contribution is -2.30. The van der Waals surface area contributed by atoms with E-state index < -0.39 is 46.1 Å². The Morgan fingerprint density at radius 2 is 0.792 bits per heavy atom. The van der Waals surface area contributed by atoms with Crippen molar-refractivity contribution in [3.05, 3.63) is 58.7 Å². The van der Waals surface area contributed by atoms with Crippen LogP contribution in [0, 0.1) is 0 Å². The second-order valence-electron chi connectivity index (χ2n) is 4.67. The molecule has 0 atom stereocenters. The Balaban J connectivity index is 2.64. The van der Waals surface area contributed by atoms with E-state index >= 15 is 0 Å². The summed E-state index contributed by atoms with van der Waals surface area (Å²) < 4.78 is 0. The fourth-order valence-electron chi connectivity index (χ4n) is 2.14. The number of carbonyl (C=O) groups is 4. The van der Waals surface area contributed by atoms with Crippen LogP contribution < -0.4 is 20.4 Å². The maximum Gasteiger partial charge on any atom is 0.0722 e. The van der Waals surface area contributed by atoms with Crippen LogP contribution in [0.3, 0.4) is 0 Å². The van der Waals surface area contributed by atoms with Crippen molar-refractivity contribution in [2.45, 2.75) is 0 Å². The Kier molecular flexibility index (Phi) is 4.32. The number of carboxylic acids is 4. The summed E-state index contributed by atoms with van der Waals surface area (Å²) in [6.45, 7) is 0. The lowest BCUT2D eigenvalue weighted by Gasteiger charge is -2.16. The molecule has 0 unspecified atom stereocenters. The third kappa shape index (κ3) is 3.07. The van der Waals surface area contributed by atoms with Gasteiger partial charge in [-0.3, -0.25) is 0 Å². The topological polar surface area (TPSA) is 161 Å². The van der Waals surface area contributed by atoms with Crippen LogP contribution in [0.15, 0.2) is 36.4 Å². The van der Waals surface area contributed by atoms with Crippen molar-refractivity contribution in [3.8, 4) is 11.1 Å². The molecule has 0 spiro atoms. The minimum atomic E-state index is -1.76. The maximum atomic E-state index is 11.0. The number of benzene rings is 2. The summed E-state index contributed by atoms with van der Waals surface area (Å²) in [7, 11) is 0. The summed E-state index contributed by atoms with van der Waals surface area (Å²) >= 11 is 0. The highest BCUT2D eigenvalue weighted by Crippen LogP contribution is 2.25. The summed E-state index contributed by atoms with van der Waals surface area (Å²) in [4.78, 5) is 43.8. The van der Waals surface area contributed by atoms with Crippen LogP contribution in [0.5, 0.6) is 0 Å². The van der Waals surface area contributed by atoms with Crippen molar-refractivity contribution in [1.82, 2.24) is 0 Å². The van der Waals surface area contributed by atoms with E-state index in [1.165, 1.54) is 12.1 Å². The number of carboxylic acid groups (broad SMARTS) is 4. The Hall–Kier alpha value is -3.68. The van der Waals surface area contributed by atoms with E-state index in [0.29, 0.717) is 0 Å². The van der Waals surface area contributed by atoms with Crippen molar-refractivity contribution < 1.29 is 39.6 Å². The zero-order chi connectivity index (χ0) is 18.0. The molecule has 0 aromatic heterocycles. The van der Waals surface area contributed by atoms with Gasteiger partial charge >= 0.3 is 0 Å². The quantitative estimate of drug-likeness (QED) is 0.555. The smallest absolute Gasteiger partial charge is 0.0722 e. The molecule has 0 amide bonds. The van der Waals surface area contributed by atoms with Crippen LogP contribution in [0.4, 0.5) is 0 Å². The average molecular weight is 326 g/mol. The van der Waals surface area contributed by atoms with Gasteiger partial charge in [0.2, 0.25) is 0 Å². The monoisotopic (exact) mass is 326 g/mol. The first-order valence-electron chi connectivity index (χ1n) is 6.36. The third-order valence-corrected chi connectivity index (χ3v) is 3.25. The van der Waals surface area contributed by atoms with Crippen molar-refractivity contribution in [2.75, 3.05) is 0 Å². The van der Waals surface area contributed by atoms with Crippen molar-refractivity contribution in [2.24, 2.45) is 0 Å². The fourth-order valence-corrected chi connectivity index (χ4v) is 2.14. The standard InChI is InChI=1S/C16H10O8/c17-13(18)9-3-1-7(5-11(9)15(21)22)8-2-4-10(14(19)20)12(6-8)16(23)24/h1-6H,(H,17,18)(H,19,20)(H,21,22)(H,23,24)/p-4. The first-order chi connectivity index (χ1) is 11.2. The first kappa shape index (κ1) is 16.7. The molecule has 0 heterocycles. The van der Waals surface area contributed by atoms with Gasteiger partial charge < -0.3 is 39.6 Å². The van der Waals surface area contributed by atoms with Gasteiger partial charge in [0.1, 0.15) is 0 Å². The summed E-state index contributed by atoms with van der Waals surface area (Å²) in [6.07, 6.45) is 0. The zero-order valence-electron chi connectivity index (χ0n) is 11.7. The number of carbonyl (C=O) groups excluding carboxylic acids is 4. The molecule has 24 heavy (non-hydrogen) atoms. The Labute approximate surface area is 134 Å². The SMILES string of the molecule is O=C([O-])c1ccc(-c2ccc(C(=O)[O-])c(C(=O)[O-])c2)cc1C(=O)[O-]. The molecular formula is C16H6O8-4. The Morgan fingerprint density at radius 3 is 1.04 bits per heavy atom. The second-order valence-corrected chi connectivity index (χ2v) is 4.67. The molecule has 0 aliphatic rings. The fraction of sp³-hybridized carbons (Fsp3) is 0. The molecule has 2 rings (SSSR count). The molecule has 0 N–H and O–H groups in total. The highest BCUT2D eigenvalue weighted by atomic mass is 16.4.